The number of hydrogen-bond acceptors (Lipinski definition) is 2. The number of benzene rings is 2. The molecule has 2 heteroatoms. The maximum atomic E-state index is 2.50. The fraction of sp³-hybridized carbons (Fsp3) is 0.368. The molecule has 3 rings (SSSR count). The number of hydrogen-bond donors (Lipinski definition) is 0. The molecule has 0 unspecified atom stereocenters. The van der Waals surface area contributed by atoms with E-state index in [0.29, 0.717) is 0 Å². The average Bonchev–Trinajstić information content (AvgIpc) is 2.51. The summed E-state index contributed by atoms with van der Waals surface area (Å²) < 4.78 is 0. The third kappa shape index (κ3) is 3.45. The zero-order chi connectivity index (χ0) is 14.7. The average molecular weight is 280 g/mol. The second-order valence-corrected chi connectivity index (χ2v) is 6.06. The molecule has 1 aliphatic heterocycles. The minimum atomic E-state index is 1.02. The molecular formula is C19H24N2. The van der Waals surface area contributed by atoms with E-state index in [4.69, 9.17) is 0 Å². The van der Waals surface area contributed by atoms with Crippen molar-refractivity contribution in [3.8, 4) is 0 Å². The summed E-state index contributed by atoms with van der Waals surface area (Å²) in [6.07, 6.45) is 1.02. The Labute approximate surface area is 128 Å². The maximum Gasteiger partial charge on any atom is 0.0369 e. The molecule has 0 spiro atoms. The van der Waals surface area contributed by atoms with Crippen LogP contribution in [0, 0.1) is 6.92 Å². The summed E-state index contributed by atoms with van der Waals surface area (Å²) in [7, 11) is 2.20. The van der Waals surface area contributed by atoms with Gasteiger partial charge in [0.1, 0.15) is 0 Å². The first-order valence-electron chi connectivity index (χ1n) is 7.79. The highest BCUT2D eigenvalue weighted by atomic mass is 15.2. The molecule has 2 aromatic rings. The molecule has 0 aliphatic carbocycles. The van der Waals surface area contributed by atoms with Crippen molar-refractivity contribution in [1.29, 1.82) is 0 Å². The van der Waals surface area contributed by atoms with Crippen LogP contribution in [0.3, 0.4) is 0 Å². The van der Waals surface area contributed by atoms with Crippen molar-refractivity contribution in [2.24, 2.45) is 0 Å². The van der Waals surface area contributed by atoms with Gasteiger partial charge in [0.2, 0.25) is 0 Å². The molecule has 0 amide bonds. The third-order valence-corrected chi connectivity index (χ3v) is 4.43. The van der Waals surface area contributed by atoms with Gasteiger partial charge in [-0.05, 0) is 49.2 Å². The normalized spacial score (nSPS) is 16.2. The summed E-state index contributed by atoms with van der Waals surface area (Å²) in [5, 5.41) is 0. The van der Waals surface area contributed by atoms with E-state index in [2.05, 4.69) is 72.3 Å². The molecule has 1 aliphatic rings. The predicted octanol–water partition coefficient (Wildman–Crippen LogP) is 3.34. The molecule has 0 atom stereocenters. The van der Waals surface area contributed by atoms with Crippen LogP contribution >= 0.6 is 0 Å². The molecule has 110 valence electrons. The quantitative estimate of drug-likeness (QED) is 0.851. The lowest BCUT2D eigenvalue weighted by atomic mass is 10.00. The number of piperazine rings is 1. The molecule has 1 saturated heterocycles. The van der Waals surface area contributed by atoms with Crippen LogP contribution in [-0.4, -0.2) is 38.1 Å². The molecule has 0 aromatic heterocycles. The van der Waals surface area contributed by atoms with Gasteiger partial charge in [0, 0.05) is 31.9 Å². The first-order valence-corrected chi connectivity index (χ1v) is 7.79. The first kappa shape index (κ1) is 14.2. The van der Waals surface area contributed by atoms with Crippen molar-refractivity contribution in [2.45, 2.75) is 13.3 Å². The van der Waals surface area contributed by atoms with E-state index < -0.39 is 0 Å². The van der Waals surface area contributed by atoms with E-state index in [9.17, 15) is 0 Å². The van der Waals surface area contributed by atoms with Gasteiger partial charge in [-0.2, -0.15) is 0 Å². The fourth-order valence-corrected chi connectivity index (χ4v) is 2.96. The molecule has 2 nitrogen and oxygen atoms in total. The van der Waals surface area contributed by atoms with Gasteiger partial charge in [-0.3, -0.25) is 0 Å². The predicted molar refractivity (Wildman–Crippen MR) is 90.1 cm³/mol. The Morgan fingerprint density at radius 2 is 1.67 bits per heavy atom. The van der Waals surface area contributed by atoms with E-state index in [-0.39, 0.29) is 0 Å². The zero-order valence-electron chi connectivity index (χ0n) is 13.0. The topological polar surface area (TPSA) is 6.48 Å². The van der Waals surface area contributed by atoms with E-state index in [1.54, 1.807) is 0 Å². The van der Waals surface area contributed by atoms with Crippen LogP contribution in [-0.2, 0) is 6.42 Å². The van der Waals surface area contributed by atoms with Gasteiger partial charge in [0.05, 0.1) is 0 Å². The molecule has 0 radical (unpaired) electrons. The van der Waals surface area contributed by atoms with Gasteiger partial charge >= 0.3 is 0 Å². The minimum absolute atomic E-state index is 1.02. The largest absolute Gasteiger partial charge is 0.369 e. The highest BCUT2D eigenvalue weighted by Gasteiger charge is 2.14. The van der Waals surface area contributed by atoms with Crippen molar-refractivity contribution in [3.63, 3.8) is 0 Å². The van der Waals surface area contributed by atoms with Crippen molar-refractivity contribution >= 4 is 5.69 Å². The highest BCUT2D eigenvalue weighted by molar-refractivity contribution is 5.50. The molecule has 0 N–H and O–H groups in total. The van der Waals surface area contributed by atoms with Gasteiger partial charge in [0.15, 0.2) is 0 Å². The summed E-state index contributed by atoms with van der Waals surface area (Å²) in [6.45, 7) is 6.76. The summed E-state index contributed by atoms with van der Waals surface area (Å²) in [6, 6.07) is 17.7. The summed E-state index contributed by atoms with van der Waals surface area (Å²) in [5.74, 6) is 0. The fourth-order valence-electron chi connectivity index (χ4n) is 2.96. The monoisotopic (exact) mass is 280 g/mol. The van der Waals surface area contributed by atoms with Crippen molar-refractivity contribution < 1.29 is 0 Å². The SMILES string of the molecule is Cc1ccccc1Cc1cccc(N2CCN(C)CC2)c1. The van der Waals surface area contributed by atoms with Gasteiger partial charge in [-0.15, -0.1) is 0 Å². The molecule has 0 bridgehead atoms. The van der Waals surface area contributed by atoms with E-state index in [0.717, 1.165) is 32.6 Å². The maximum absolute atomic E-state index is 2.50. The van der Waals surface area contributed by atoms with Gasteiger partial charge in [-0.1, -0.05) is 36.4 Å². The third-order valence-electron chi connectivity index (χ3n) is 4.43. The van der Waals surface area contributed by atoms with E-state index in [1.165, 1.54) is 22.4 Å². The Kier molecular flexibility index (Phi) is 4.26. The lowest BCUT2D eigenvalue weighted by molar-refractivity contribution is 0.313. The molecule has 0 saturated carbocycles. The summed E-state index contributed by atoms with van der Waals surface area (Å²) >= 11 is 0. The van der Waals surface area contributed by atoms with Gasteiger partial charge < -0.3 is 9.80 Å². The second kappa shape index (κ2) is 6.31. The van der Waals surface area contributed by atoms with Gasteiger partial charge in [0.25, 0.3) is 0 Å². The van der Waals surface area contributed by atoms with Crippen LogP contribution < -0.4 is 4.90 Å². The lowest BCUT2D eigenvalue weighted by Crippen LogP contribution is -2.44. The standard InChI is InChI=1S/C19H24N2/c1-16-6-3-4-8-18(16)14-17-7-5-9-19(15-17)21-12-10-20(2)11-13-21/h3-9,15H,10-14H2,1-2H3. The Morgan fingerprint density at radius 1 is 0.905 bits per heavy atom. The van der Waals surface area contributed by atoms with Crippen LogP contribution in [0.2, 0.25) is 0 Å². The number of aryl methyl sites for hydroxylation is 1. The van der Waals surface area contributed by atoms with Crippen molar-refractivity contribution in [1.82, 2.24) is 4.90 Å². The number of likely N-dealkylation sites (N-methyl/N-ethyl adjacent to an activating group) is 1. The van der Waals surface area contributed by atoms with Crippen LogP contribution in [0.5, 0.6) is 0 Å². The zero-order valence-corrected chi connectivity index (χ0v) is 13.0. The lowest BCUT2D eigenvalue weighted by Gasteiger charge is -2.34. The Morgan fingerprint density at radius 3 is 2.43 bits per heavy atom. The molecule has 2 aromatic carbocycles. The van der Waals surface area contributed by atoms with Crippen LogP contribution in [0.25, 0.3) is 0 Å². The Bertz CT molecular complexity index is 598. The smallest absolute Gasteiger partial charge is 0.0369 e. The summed E-state index contributed by atoms with van der Waals surface area (Å²) in [4.78, 5) is 4.90. The summed E-state index contributed by atoms with van der Waals surface area (Å²) in [5.41, 5.74) is 5.57. The molecule has 1 fully saturated rings. The highest BCUT2D eigenvalue weighted by Crippen LogP contribution is 2.20. The molecule has 21 heavy (non-hydrogen) atoms. The van der Waals surface area contributed by atoms with E-state index in [1.807, 2.05) is 0 Å². The van der Waals surface area contributed by atoms with E-state index >= 15 is 0 Å². The molecule has 1 heterocycles. The van der Waals surface area contributed by atoms with Gasteiger partial charge in [-0.25, -0.2) is 0 Å². The Balaban J connectivity index is 1.76. The van der Waals surface area contributed by atoms with Crippen molar-refractivity contribution in [2.75, 3.05) is 38.1 Å². The minimum Gasteiger partial charge on any atom is -0.369 e. The van der Waals surface area contributed by atoms with Crippen LogP contribution in [0.15, 0.2) is 48.5 Å². The number of rotatable bonds is 3. The Hall–Kier alpha value is -1.80. The molecular weight excluding hydrogens is 256 g/mol. The van der Waals surface area contributed by atoms with Crippen molar-refractivity contribution in [3.05, 3.63) is 65.2 Å². The number of anilines is 1. The number of nitrogens with zero attached hydrogens (tertiary/aromatic N) is 2. The van der Waals surface area contributed by atoms with Crippen LogP contribution in [0.4, 0.5) is 5.69 Å². The first-order chi connectivity index (χ1) is 10.2. The second-order valence-electron chi connectivity index (χ2n) is 6.06. The van der Waals surface area contributed by atoms with Crippen LogP contribution in [0.1, 0.15) is 16.7 Å².